The number of nitrogens with zero attached hydrogens (tertiary/aromatic N) is 1. The number of halogens is 1. The predicted octanol–water partition coefficient (Wildman–Crippen LogP) is 2.08. The number of benzene rings is 2. The number of nitrogens with one attached hydrogen (secondary N) is 2. The molecule has 1 heterocycles. The molecule has 0 fully saturated rings. The second-order valence-electron chi connectivity index (χ2n) is 4.94. The van der Waals surface area contributed by atoms with E-state index >= 15 is 0 Å². The molecule has 1 atom stereocenters. The van der Waals surface area contributed by atoms with Crippen molar-refractivity contribution < 1.29 is 9.18 Å². The Labute approximate surface area is 122 Å². The van der Waals surface area contributed by atoms with Gasteiger partial charge in [-0.15, -0.1) is 0 Å². The molecule has 3 rings (SSSR count). The zero-order valence-electron chi connectivity index (χ0n) is 11.6. The molecule has 5 heteroatoms. The van der Waals surface area contributed by atoms with Crippen LogP contribution < -0.4 is 15.5 Å². The smallest absolute Gasteiger partial charge is 0.255 e. The molecule has 2 aromatic carbocycles. The van der Waals surface area contributed by atoms with E-state index in [0.717, 1.165) is 11.3 Å². The summed E-state index contributed by atoms with van der Waals surface area (Å²) >= 11 is 0. The molecule has 2 N–H and O–H groups in total. The molecule has 1 aliphatic heterocycles. The average molecular weight is 285 g/mol. The molecule has 0 spiro atoms. The summed E-state index contributed by atoms with van der Waals surface area (Å²) in [5.41, 5.74) is 2.48. The third kappa shape index (κ3) is 2.60. The lowest BCUT2D eigenvalue weighted by atomic mass is 10.1. The van der Waals surface area contributed by atoms with Crippen molar-refractivity contribution in [2.24, 2.45) is 0 Å². The van der Waals surface area contributed by atoms with Gasteiger partial charge in [-0.3, -0.25) is 10.1 Å². The van der Waals surface area contributed by atoms with E-state index in [1.165, 1.54) is 12.1 Å². The SMILES string of the molecule is CNC1NC(=O)c2ccccc2N1Cc1ccc(F)cc1. The zero-order chi connectivity index (χ0) is 14.8. The highest BCUT2D eigenvalue weighted by Crippen LogP contribution is 2.27. The summed E-state index contributed by atoms with van der Waals surface area (Å²) < 4.78 is 13.0. The number of hydrogen-bond acceptors (Lipinski definition) is 3. The van der Waals surface area contributed by atoms with Gasteiger partial charge in [-0.25, -0.2) is 4.39 Å². The maximum absolute atomic E-state index is 13.0. The maximum Gasteiger partial charge on any atom is 0.255 e. The van der Waals surface area contributed by atoms with Crippen LogP contribution in [0.15, 0.2) is 48.5 Å². The van der Waals surface area contributed by atoms with E-state index < -0.39 is 0 Å². The Morgan fingerprint density at radius 2 is 1.90 bits per heavy atom. The number of para-hydroxylation sites is 1. The van der Waals surface area contributed by atoms with E-state index in [9.17, 15) is 9.18 Å². The Hall–Kier alpha value is -2.40. The maximum atomic E-state index is 13.0. The van der Waals surface area contributed by atoms with Gasteiger partial charge in [-0.1, -0.05) is 24.3 Å². The molecule has 108 valence electrons. The lowest BCUT2D eigenvalue weighted by Crippen LogP contribution is -2.58. The van der Waals surface area contributed by atoms with Crippen LogP contribution >= 0.6 is 0 Å². The molecule has 2 aromatic rings. The summed E-state index contributed by atoms with van der Waals surface area (Å²) in [5, 5.41) is 5.98. The quantitative estimate of drug-likeness (QED) is 0.907. The van der Waals surface area contributed by atoms with Crippen molar-refractivity contribution in [2.75, 3.05) is 11.9 Å². The van der Waals surface area contributed by atoms with Crippen molar-refractivity contribution in [1.29, 1.82) is 0 Å². The lowest BCUT2D eigenvalue weighted by molar-refractivity contribution is 0.0919. The van der Waals surface area contributed by atoms with Gasteiger partial charge >= 0.3 is 0 Å². The Morgan fingerprint density at radius 1 is 1.19 bits per heavy atom. The molecule has 0 aromatic heterocycles. The minimum absolute atomic E-state index is 0.0969. The number of carbonyl (C=O) groups is 1. The first kappa shape index (κ1) is 13.6. The average Bonchev–Trinajstić information content (AvgIpc) is 2.52. The van der Waals surface area contributed by atoms with Gasteiger partial charge < -0.3 is 10.2 Å². The number of fused-ring (bicyclic) bond motifs is 1. The Morgan fingerprint density at radius 3 is 2.62 bits per heavy atom. The molecule has 1 amide bonds. The molecule has 0 saturated carbocycles. The standard InChI is InChI=1S/C16H16FN3O/c1-18-16-19-15(21)13-4-2-3-5-14(13)20(16)10-11-6-8-12(17)9-7-11/h2-9,16,18H,10H2,1H3,(H,19,21). The first-order valence-electron chi connectivity index (χ1n) is 6.77. The van der Waals surface area contributed by atoms with Gasteiger partial charge in [0.15, 0.2) is 6.29 Å². The Balaban J connectivity index is 1.96. The fourth-order valence-corrected chi connectivity index (χ4v) is 2.53. The van der Waals surface area contributed by atoms with E-state index in [4.69, 9.17) is 0 Å². The normalized spacial score (nSPS) is 17.3. The highest BCUT2D eigenvalue weighted by Gasteiger charge is 2.29. The number of rotatable bonds is 3. The summed E-state index contributed by atoms with van der Waals surface area (Å²) in [7, 11) is 1.79. The van der Waals surface area contributed by atoms with Crippen LogP contribution in [-0.4, -0.2) is 19.2 Å². The molecule has 0 saturated heterocycles. The molecule has 0 bridgehead atoms. The monoisotopic (exact) mass is 285 g/mol. The van der Waals surface area contributed by atoms with Gasteiger partial charge in [0.2, 0.25) is 0 Å². The fraction of sp³-hybridized carbons (Fsp3) is 0.188. The van der Waals surface area contributed by atoms with Crippen molar-refractivity contribution in [1.82, 2.24) is 10.6 Å². The highest BCUT2D eigenvalue weighted by atomic mass is 19.1. The minimum atomic E-state index is -0.294. The summed E-state index contributed by atoms with van der Waals surface area (Å²) in [5.74, 6) is -0.350. The van der Waals surface area contributed by atoms with Crippen LogP contribution in [0.3, 0.4) is 0 Å². The van der Waals surface area contributed by atoms with Gasteiger partial charge in [-0.05, 0) is 36.9 Å². The van der Waals surface area contributed by atoms with Crippen LogP contribution in [0, 0.1) is 5.82 Å². The van der Waals surface area contributed by atoms with E-state index in [1.807, 2.05) is 23.1 Å². The molecule has 1 aliphatic rings. The Bertz CT molecular complexity index is 657. The van der Waals surface area contributed by atoms with E-state index in [2.05, 4.69) is 10.6 Å². The number of carbonyl (C=O) groups excluding carboxylic acids is 1. The van der Waals surface area contributed by atoms with Crippen LogP contribution in [0.1, 0.15) is 15.9 Å². The summed E-state index contributed by atoms with van der Waals surface area (Å²) in [4.78, 5) is 14.1. The number of hydrogen-bond donors (Lipinski definition) is 2. The van der Waals surface area contributed by atoms with Crippen molar-refractivity contribution in [2.45, 2.75) is 12.8 Å². The third-order valence-electron chi connectivity index (χ3n) is 3.58. The first-order valence-corrected chi connectivity index (χ1v) is 6.77. The lowest BCUT2D eigenvalue weighted by Gasteiger charge is -2.38. The first-order chi connectivity index (χ1) is 10.2. The molecular formula is C16H16FN3O. The molecule has 4 nitrogen and oxygen atoms in total. The van der Waals surface area contributed by atoms with Crippen molar-refractivity contribution >= 4 is 11.6 Å². The van der Waals surface area contributed by atoms with E-state index in [0.29, 0.717) is 12.1 Å². The Kier molecular flexibility index (Phi) is 3.58. The third-order valence-corrected chi connectivity index (χ3v) is 3.58. The van der Waals surface area contributed by atoms with Gasteiger partial charge in [0.05, 0.1) is 11.3 Å². The summed E-state index contributed by atoms with van der Waals surface area (Å²) in [6, 6.07) is 13.9. The van der Waals surface area contributed by atoms with Crippen LogP contribution in [-0.2, 0) is 6.54 Å². The van der Waals surface area contributed by atoms with Crippen LogP contribution in [0.25, 0.3) is 0 Å². The minimum Gasteiger partial charge on any atom is -0.334 e. The molecule has 1 unspecified atom stereocenters. The van der Waals surface area contributed by atoms with Crippen LogP contribution in [0.4, 0.5) is 10.1 Å². The van der Waals surface area contributed by atoms with Gasteiger partial charge in [-0.2, -0.15) is 0 Å². The van der Waals surface area contributed by atoms with E-state index in [1.54, 1.807) is 25.2 Å². The second-order valence-corrected chi connectivity index (χ2v) is 4.94. The van der Waals surface area contributed by atoms with Gasteiger partial charge in [0, 0.05) is 6.54 Å². The topological polar surface area (TPSA) is 44.4 Å². The molecule has 0 aliphatic carbocycles. The molecule has 21 heavy (non-hydrogen) atoms. The zero-order valence-corrected chi connectivity index (χ0v) is 11.6. The number of anilines is 1. The largest absolute Gasteiger partial charge is 0.334 e. The second kappa shape index (κ2) is 5.54. The van der Waals surface area contributed by atoms with E-state index in [-0.39, 0.29) is 18.0 Å². The number of amides is 1. The van der Waals surface area contributed by atoms with Crippen molar-refractivity contribution in [3.63, 3.8) is 0 Å². The molecule has 0 radical (unpaired) electrons. The fourth-order valence-electron chi connectivity index (χ4n) is 2.53. The summed E-state index contributed by atoms with van der Waals surface area (Å²) in [6.07, 6.45) is -0.294. The van der Waals surface area contributed by atoms with Gasteiger partial charge in [0.1, 0.15) is 5.82 Å². The van der Waals surface area contributed by atoms with Crippen molar-refractivity contribution in [3.8, 4) is 0 Å². The highest BCUT2D eigenvalue weighted by molar-refractivity contribution is 6.01. The molecular weight excluding hydrogens is 269 g/mol. The van der Waals surface area contributed by atoms with Crippen LogP contribution in [0.2, 0.25) is 0 Å². The summed E-state index contributed by atoms with van der Waals surface area (Å²) in [6.45, 7) is 0.572. The van der Waals surface area contributed by atoms with Crippen molar-refractivity contribution in [3.05, 3.63) is 65.5 Å². The predicted molar refractivity (Wildman–Crippen MR) is 79.3 cm³/mol. The van der Waals surface area contributed by atoms with Crippen LogP contribution in [0.5, 0.6) is 0 Å². The van der Waals surface area contributed by atoms with Gasteiger partial charge in [0.25, 0.3) is 5.91 Å².